The van der Waals surface area contributed by atoms with Crippen molar-refractivity contribution in [2.45, 2.75) is 19.9 Å². The molecule has 4 nitrogen and oxygen atoms in total. The van der Waals surface area contributed by atoms with Gasteiger partial charge in [-0.15, -0.1) is 0 Å². The summed E-state index contributed by atoms with van der Waals surface area (Å²) in [5.41, 5.74) is 6.79. The van der Waals surface area contributed by atoms with Crippen LogP contribution in [-0.4, -0.2) is 14.5 Å². The Bertz CT molecular complexity index is 442. The van der Waals surface area contributed by atoms with E-state index in [1.54, 1.807) is 12.4 Å². The van der Waals surface area contributed by atoms with Crippen LogP contribution in [0.1, 0.15) is 24.4 Å². The Balaban J connectivity index is 2.36. The average molecular weight is 202 g/mol. The van der Waals surface area contributed by atoms with E-state index in [4.69, 9.17) is 5.73 Å². The van der Waals surface area contributed by atoms with E-state index in [2.05, 4.69) is 9.97 Å². The Kier molecular flexibility index (Phi) is 2.51. The molecule has 0 saturated carbocycles. The first-order valence-corrected chi connectivity index (χ1v) is 4.90. The summed E-state index contributed by atoms with van der Waals surface area (Å²) < 4.78 is 1.94. The molecule has 0 radical (unpaired) electrons. The van der Waals surface area contributed by atoms with E-state index in [1.165, 1.54) is 0 Å². The third kappa shape index (κ3) is 1.89. The fourth-order valence-electron chi connectivity index (χ4n) is 1.43. The van der Waals surface area contributed by atoms with Gasteiger partial charge in [0.2, 0.25) is 0 Å². The predicted octanol–water partition coefficient (Wildman–Crippen LogP) is 1.60. The fourth-order valence-corrected chi connectivity index (χ4v) is 1.43. The SMILES string of the molecule is Cc1nccn1-c1ccc([C@@H](C)N)cn1. The van der Waals surface area contributed by atoms with Crippen molar-refractivity contribution in [3.8, 4) is 5.82 Å². The summed E-state index contributed by atoms with van der Waals surface area (Å²) in [5.74, 6) is 1.80. The van der Waals surface area contributed by atoms with Gasteiger partial charge in [-0.05, 0) is 25.5 Å². The normalized spacial score (nSPS) is 12.7. The van der Waals surface area contributed by atoms with Crippen LogP contribution in [0.4, 0.5) is 0 Å². The maximum absolute atomic E-state index is 5.75. The minimum absolute atomic E-state index is 0.0236. The van der Waals surface area contributed by atoms with Crippen molar-refractivity contribution < 1.29 is 0 Å². The number of imidazole rings is 1. The van der Waals surface area contributed by atoms with E-state index in [9.17, 15) is 0 Å². The molecule has 2 N–H and O–H groups in total. The molecule has 2 heterocycles. The van der Waals surface area contributed by atoms with Crippen molar-refractivity contribution in [1.82, 2.24) is 14.5 Å². The standard InChI is InChI=1S/C11H14N4/c1-8(12)10-3-4-11(14-7-10)15-6-5-13-9(15)2/h3-8H,12H2,1-2H3/t8-/m1/s1. The highest BCUT2D eigenvalue weighted by Gasteiger charge is 2.03. The van der Waals surface area contributed by atoms with Crippen LogP contribution in [0.25, 0.3) is 5.82 Å². The van der Waals surface area contributed by atoms with Crippen LogP contribution in [0, 0.1) is 6.92 Å². The molecular formula is C11H14N4. The Morgan fingerprint density at radius 2 is 2.13 bits per heavy atom. The van der Waals surface area contributed by atoms with Crippen molar-refractivity contribution >= 4 is 0 Å². The highest BCUT2D eigenvalue weighted by atomic mass is 15.1. The highest BCUT2D eigenvalue weighted by Crippen LogP contribution is 2.11. The first-order valence-electron chi connectivity index (χ1n) is 4.90. The van der Waals surface area contributed by atoms with Gasteiger partial charge in [0.25, 0.3) is 0 Å². The molecule has 0 aliphatic rings. The largest absolute Gasteiger partial charge is 0.324 e. The second-order valence-electron chi connectivity index (χ2n) is 3.58. The molecule has 0 aliphatic carbocycles. The lowest BCUT2D eigenvalue weighted by Gasteiger charge is -2.07. The number of hydrogen-bond acceptors (Lipinski definition) is 3. The molecule has 1 atom stereocenters. The fraction of sp³-hybridized carbons (Fsp3) is 0.273. The zero-order valence-corrected chi connectivity index (χ0v) is 8.88. The third-order valence-electron chi connectivity index (χ3n) is 2.37. The Morgan fingerprint density at radius 3 is 2.60 bits per heavy atom. The zero-order valence-electron chi connectivity index (χ0n) is 8.88. The molecule has 0 aliphatic heterocycles. The third-order valence-corrected chi connectivity index (χ3v) is 2.37. The minimum Gasteiger partial charge on any atom is -0.324 e. The van der Waals surface area contributed by atoms with Crippen LogP contribution in [0.5, 0.6) is 0 Å². The van der Waals surface area contributed by atoms with Gasteiger partial charge in [-0.3, -0.25) is 4.57 Å². The molecule has 4 heteroatoms. The maximum Gasteiger partial charge on any atom is 0.137 e. The van der Waals surface area contributed by atoms with Crippen molar-refractivity contribution in [3.63, 3.8) is 0 Å². The van der Waals surface area contributed by atoms with Gasteiger partial charge < -0.3 is 5.73 Å². The highest BCUT2D eigenvalue weighted by molar-refractivity contribution is 5.28. The maximum atomic E-state index is 5.75. The lowest BCUT2D eigenvalue weighted by molar-refractivity contribution is 0.806. The topological polar surface area (TPSA) is 56.7 Å². The number of rotatable bonds is 2. The Morgan fingerprint density at radius 1 is 1.33 bits per heavy atom. The van der Waals surface area contributed by atoms with E-state index in [0.29, 0.717) is 0 Å². The number of aromatic nitrogens is 3. The smallest absolute Gasteiger partial charge is 0.137 e. The average Bonchev–Trinajstić information content (AvgIpc) is 2.65. The van der Waals surface area contributed by atoms with Gasteiger partial charge in [0.15, 0.2) is 0 Å². The molecule has 0 fully saturated rings. The second-order valence-corrected chi connectivity index (χ2v) is 3.58. The van der Waals surface area contributed by atoms with Crippen molar-refractivity contribution in [1.29, 1.82) is 0 Å². The number of hydrogen-bond donors (Lipinski definition) is 1. The Labute approximate surface area is 88.8 Å². The first-order chi connectivity index (χ1) is 7.18. The van der Waals surface area contributed by atoms with Gasteiger partial charge in [-0.1, -0.05) is 6.07 Å². The van der Waals surface area contributed by atoms with E-state index in [0.717, 1.165) is 17.2 Å². The van der Waals surface area contributed by atoms with Gasteiger partial charge in [-0.25, -0.2) is 9.97 Å². The molecule has 2 aromatic heterocycles. The van der Waals surface area contributed by atoms with Gasteiger partial charge in [0.1, 0.15) is 11.6 Å². The molecule has 2 rings (SSSR count). The van der Waals surface area contributed by atoms with Gasteiger partial charge in [-0.2, -0.15) is 0 Å². The lowest BCUT2D eigenvalue weighted by atomic mass is 10.1. The van der Waals surface area contributed by atoms with E-state index < -0.39 is 0 Å². The van der Waals surface area contributed by atoms with Crippen molar-refractivity contribution in [3.05, 3.63) is 42.1 Å². The number of nitrogens with two attached hydrogens (primary N) is 1. The molecule has 0 unspecified atom stereocenters. The van der Waals surface area contributed by atoms with Crippen LogP contribution in [0.2, 0.25) is 0 Å². The predicted molar refractivity (Wildman–Crippen MR) is 58.7 cm³/mol. The zero-order chi connectivity index (χ0) is 10.8. The molecule has 2 aromatic rings. The van der Waals surface area contributed by atoms with E-state index in [1.807, 2.05) is 36.7 Å². The monoisotopic (exact) mass is 202 g/mol. The van der Waals surface area contributed by atoms with Gasteiger partial charge >= 0.3 is 0 Å². The summed E-state index contributed by atoms with van der Waals surface area (Å²) in [5, 5.41) is 0. The first kappa shape index (κ1) is 9.86. The van der Waals surface area contributed by atoms with Gasteiger partial charge in [0, 0.05) is 24.6 Å². The van der Waals surface area contributed by atoms with E-state index in [-0.39, 0.29) is 6.04 Å². The van der Waals surface area contributed by atoms with Crippen molar-refractivity contribution in [2.24, 2.45) is 5.73 Å². The quantitative estimate of drug-likeness (QED) is 0.804. The van der Waals surface area contributed by atoms with Crippen LogP contribution < -0.4 is 5.73 Å². The molecule has 0 saturated heterocycles. The van der Waals surface area contributed by atoms with Crippen LogP contribution in [0.15, 0.2) is 30.7 Å². The lowest BCUT2D eigenvalue weighted by Crippen LogP contribution is -2.06. The summed E-state index contributed by atoms with van der Waals surface area (Å²) >= 11 is 0. The van der Waals surface area contributed by atoms with E-state index >= 15 is 0 Å². The minimum atomic E-state index is 0.0236. The summed E-state index contributed by atoms with van der Waals surface area (Å²) in [7, 11) is 0. The molecule has 0 aromatic carbocycles. The number of aryl methyl sites for hydroxylation is 1. The molecule has 78 valence electrons. The summed E-state index contributed by atoms with van der Waals surface area (Å²) in [6.07, 6.45) is 5.46. The summed E-state index contributed by atoms with van der Waals surface area (Å²) in [6.45, 7) is 3.89. The number of pyridine rings is 1. The van der Waals surface area contributed by atoms with Crippen molar-refractivity contribution in [2.75, 3.05) is 0 Å². The van der Waals surface area contributed by atoms with Gasteiger partial charge in [0.05, 0.1) is 0 Å². The van der Waals surface area contributed by atoms with Crippen LogP contribution >= 0.6 is 0 Å². The molecule has 15 heavy (non-hydrogen) atoms. The summed E-state index contributed by atoms with van der Waals surface area (Å²) in [4.78, 5) is 8.50. The molecule has 0 amide bonds. The number of nitrogens with zero attached hydrogens (tertiary/aromatic N) is 3. The van der Waals surface area contributed by atoms with Crippen LogP contribution in [-0.2, 0) is 0 Å². The van der Waals surface area contributed by atoms with Crippen LogP contribution in [0.3, 0.4) is 0 Å². The molecular weight excluding hydrogens is 188 g/mol. The Hall–Kier alpha value is -1.68. The molecule has 0 bridgehead atoms. The molecule has 0 spiro atoms. The summed E-state index contributed by atoms with van der Waals surface area (Å²) in [6, 6.07) is 3.97. The second kappa shape index (κ2) is 3.82.